The van der Waals surface area contributed by atoms with Crippen LogP contribution in [0.4, 0.5) is 0 Å². The van der Waals surface area contributed by atoms with Crippen molar-refractivity contribution in [3.63, 3.8) is 0 Å². The highest BCUT2D eigenvalue weighted by molar-refractivity contribution is 6.44. The van der Waals surface area contributed by atoms with Gasteiger partial charge in [0.15, 0.2) is 0 Å². The van der Waals surface area contributed by atoms with Gasteiger partial charge in [-0.2, -0.15) is 15.3 Å². The lowest BCUT2D eigenvalue weighted by molar-refractivity contribution is -0.123. The van der Waals surface area contributed by atoms with Gasteiger partial charge in [0, 0.05) is 12.2 Å². The molecule has 0 saturated heterocycles. The molecule has 0 saturated carbocycles. The number of hydrazone groups is 2. The lowest BCUT2D eigenvalue weighted by atomic mass is 10.00. The molecule has 2 aromatic rings. The van der Waals surface area contributed by atoms with E-state index in [0.29, 0.717) is 0 Å². The van der Waals surface area contributed by atoms with Crippen LogP contribution in [0.3, 0.4) is 0 Å². The van der Waals surface area contributed by atoms with Crippen LogP contribution in [-0.2, 0) is 9.59 Å². The Labute approximate surface area is 155 Å². The number of benzene rings is 1. The monoisotopic (exact) mass is 368 g/mol. The molecule has 0 spiro atoms. The van der Waals surface area contributed by atoms with E-state index in [2.05, 4.69) is 26.2 Å². The summed E-state index contributed by atoms with van der Waals surface area (Å²) in [5.41, 5.74) is 7.99. The van der Waals surface area contributed by atoms with Crippen molar-refractivity contribution in [1.29, 1.82) is 0 Å². The topological polar surface area (TPSA) is 121 Å². The van der Waals surface area contributed by atoms with Crippen LogP contribution in [0, 0.1) is 19.8 Å². The zero-order valence-electron chi connectivity index (χ0n) is 15.0. The van der Waals surface area contributed by atoms with Crippen molar-refractivity contribution in [2.24, 2.45) is 16.1 Å². The molecule has 0 radical (unpaired) electrons. The van der Waals surface area contributed by atoms with Crippen LogP contribution in [0.2, 0.25) is 0 Å². The summed E-state index contributed by atoms with van der Waals surface area (Å²) in [6, 6.07) is 9.69. The minimum absolute atomic E-state index is 0.0135. The molecule has 9 heteroatoms. The number of aliphatic hydroxyl groups is 1. The molecule has 3 N–H and O–H groups in total. The van der Waals surface area contributed by atoms with Gasteiger partial charge in [-0.05, 0) is 32.4 Å². The maximum Gasteiger partial charge on any atom is 0.288 e. The van der Waals surface area contributed by atoms with E-state index in [1.807, 2.05) is 44.2 Å². The Hall–Kier alpha value is -3.33. The van der Waals surface area contributed by atoms with Crippen LogP contribution < -0.4 is 10.9 Å². The quantitative estimate of drug-likeness (QED) is 0.505. The van der Waals surface area contributed by atoms with Crippen LogP contribution in [0.1, 0.15) is 23.4 Å². The minimum Gasteiger partial charge on any atom is -0.396 e. The molecule has 1 aliphatic heterocycles. The lowest BCUT2D eigenvalue weighted by Crippen LogP contribution is -2.34. The minimum atomic E-state index is -0.769. The van der Waals surface area contributed by atoms with E-state index in [4.69, 9.17) is 5.11 Å². The maximum absolute atomic E-state index is 12.2. The number of rotatable bonds is 6. The summed E-state index contributed by atoms with van der Waals surface area (Å²) in [5.74, 6) is -1.77. The molecule has 1 aliphatic rings. The van der Waals surface area contributed by atoms with Crippen LogP contribution in [0.5, 0.6) is 0 Å². The molecule has 140 valence electrons. The Morgan fingerprint density at radius 2 is 2.11 bits per heavy atom. The SMILES string of the molecule is Cc1nn(-c2ccccc2)c(C)c1/C=N\NC(=O)C1=NNC(=O)[C@H]1CCO. The highest BCUT2D eigenvalue weighted by atomic mass is 16.3. The average molecular weight is 368 g/mol. The Bertz CT molecular complexity index is 917. The Balaban J connectivity index is 1.73. The Morgan fingerprint density at radius 1 is 1.37 bits per heavy atom. The predicted octanol–water partition coefficient (Wildman–Crippen LogP) is 0.424. The fraction of sp³-hybridized carbons (Fsp3) is 0.278. The van der Waals surface area contributed by atoms with Gasteiger partial charge >= 0.3 is 0 Å². The van der Waals surface area contributed by atoms with Gasteiger partial charge in [-0.15, -0.1) is 0 Å². The molecule has 3 rings (SSSR count). The van der Waals surface area contributed by atoms with Crippen molar-refractivity contribution < 1.29 is 14.7 Å². The average Bonchev–Trinajstić information content (AvgIpc) is 3.17. The predicted molar refractivity (Wildman–Crippen MR) is 99.5 cm³/mol. The molecule has 1 aromatic heterocycles. The van der Waals surface area contributed by atoms with Gasteiger partial charge in [0.05, 0.1) is 29.2 Å². The van der Waals surface area contributed by atoms with E-state index in [1.165, 1.54) is 6.21 Å². The van der Waals surface area contributed by atoms with Crippen LogP contribution in [0.25, 0.3) is 5.69 Å². The third-order valence-electron chi connectivity index (χ3n) is 4.29. The maximum atomic E-state index is 12.2. The molecular weight excluding hydrogens is 348 g/mol. The highest BCUT2D eigenvalue weighted by Gasteiger charge is 2.33. The number of nitrogens with one attached hydrogen (secondary N) is 2. The molecule has 0 fully saturated rings. The van der Waals surface area contributed by atoms with Crippen LogP contribution in [0.15, 0.2) is 40.5 Å². The molecule has 0 unspecified atom stereocenters. The number of hydrogen-bond donors (Lipinski definition) is 3. The first-order valence-corrected chi connectivity index (χ1v) is 8.46. The van der Waals surface area contributed by atoms with Gasteiger partial charge < -0.3 is 5.11 Å². The molecule has 1 aromatic carbocycles. The number of amides is 2. The lowest BCUT2D eigenvalue weighted by Gasteiger charge is -2.06. The van der Waals surface area contributed by atoms with Crippen molar-refractivity contribution in [2.75, 3.05) is 6.61 Å². The first-order chi connectivity index (χ1) is 13.0. The second kappa shape index (κ2) is 7.92. The summed E-state index contributed by atoms with van der Waals surface area (Å²) in [4.78, 5) is 23.8. The highest BCUT2D eigenvalue weighted by Crippen LogP contribution is 2.16. The van der Waals surface area contributed by atoms with Crippen molar-refractivity contribution in [3.05, 3.63) is 47.3 Å². The summed E-state index contributed by atoms with van der Waals surface area (Å²) in [6.45, 7) is 3.55. The molecule has 1 atom stereocenters. The van der Waals surface area contributed by atoms with Crippen molar-refractivity contribution >= 4 is 23.7 Å². The third kappa shape index (κ3) is 3.77. The van der Waals surface area contributed by atoms with Gasteiger partial charge in [0.2, 0.25) is 5.91 Å². The van der Waals surface area contributed by atoms with Gasteiger partial charge in [0.1, 0.15) is 5.71 Å². The molecule has 2 amide bonds. The van der Waals surface area contributed by atoms with Gasteiger partial charge in [0.25, 0.3) is 5.91 Å². The van der Waals surface area contributed by atoms with Crippen molar-refractivity contribution in [2.45, 2.75) is 20.3 Å². The van der Waals surface area contributed by atoms with E-state index in [1.54, 1.807) is 4.68 Å². The summed E-state index contributed by atoms with van der Waals surface area (Å²) >= 11 is 0. The normalized spacial score (nSPS) is 16.5. The second-order valence-electron chi connectivity index (χ2n) is 6.07. The molecule has 0 aliphatic carbocycles. The number of nitrogens with zero attached hydrogens (tertiary/aromatic N) is 4. The van der Waals surface area contributed by atoms with E-state index >= 15 is 0 Å². The number of aromatic nitrogens is 2. The number of carbonyl (C=O) groups is 2. The van der Waals surface area contributed by atoms with E-state index in [0.717, 1.165) is 22.6 Å². The smallest absolute Gasteiger partial charge is 0.288 e. The zero-order chi connectivity index (χ0) is 19.4. The summed E-state index contributed by atoms with van der Waals surface area (Å²) in [7, 11) is 0. The third-order valence-corrected chi connectivity index (χ3v) is 4.29. The standard InChI is InChI=1S/C18H20N6O3/c1-11-15(12(2)24(23-11)13-6-4-3-5-7-13)10-19-21-18(27)16-14(8-9-25)17(26)22-20-16/h3-7,10,14,25H,8-9H2,1-2H3,(H,21,27)(H,22,26)/b19-10-/t14-/m0/s1. The number of aryl methyl sites for hydroxylation is 1. The Morgan fingerprint density at radius 3 is 2.81 bits per heavy atom. The van der Waals surface area contributed by atoms with Crippen LogP contribution >= 0.6 is 0 Å². The first kappa shape index (κ1) is 18.5. The largest absolute Gasteiger partial charge is 0.396 e. The van der Waals surface area contributed by atoms with Crippen molar-refractivity contribution in [3.8, 4) is 5.69 Å². The fourth-order valence-electron chi connectivity index (χ4n) is 2.88. The number of hydrogen-bond acceptors (Lipinski definition) is 6. The van der Waals surface area contributed by atoms with Crippen molar-refractivity contribution in [1.82, 2.24) is 20.6 Å². The van der Waals surface area contributed by atoms with Gasteiger partial charge in [-0.1, -0.05) is 18.2 Å². The first-order valence-electron chi connectivity index (χ1n) is 8.46. The number of carbonyl (C=O) groups excluding carboxylic acids is 2. The molecule has 2 heterocycles. The van der Waals surface area contributed by atoms with Gasteiger partial charge in [-0.3, -0.25) is 9.59 Å². The number of aliphatic hydroxyl groups excluding tert-OH is 1. The van der Waals surface area contributed by atoms with E-state index < -0.39 is 17.7 Å². The Kier molecular flexibility index (Phi) is 5.41. The molecule has 27 heavy (non-hydrogen) atoms. The number of para-hydroxylation sites is 1. The summed E-state index contributed by atoms with van der Waals surface area (Å²) in [6.07, 6.45) is 1.64. The fourth-order valence-corrected chi connectivity index (χ4v) is 2.88. The van der Waals surface area contributed by atoms with E-state index in [9.17, 15) is 9.59 Å². The molecule has 9 nitrogen and oxygen atoms in total. The van der Waals surface area contributed by atoms with Crippen LogP contribution in [-0.4, -0.2) is 45.2 Å². The second-order valence-corrected chi connectivity index (χ2v) is 6.07. The summed E-state index contributed by atoms with van der Waals surface area (Å²) < 4.78 is 1.80. The molecular formula is C18H20N6O3. The zero-order valence-corrected chi connectivity index (χ0v) is 15.0. The van der Waals surface area contributed by atoms with Gasteiger partial charge in [-0.25, -0.2) is 15.5 Å². The van der Waals surface area contributed by atoms with E-state index in [-0.39, 0.29) is 18.7 Å². The molecule has 0 bridgehead atoms. The summed E-state index contributed by atoms with van der Waals surface area (Å²) in [5, 5.41) is 21.2.